The van der Waals surface area contributed by atoms with Crippen molar-refractivity contribution in [1.29, 1.82) is 0 Å². The zero-order valence-corrected chi connectivity index (χ0v) is 11.6. The largest absolute Gasteiger partial charge is 0.283 e. The minimum absolute atomic E-state index is 0.00907. The van der Waals surface area contributed by atoms with Gasteiger partial charge >= 0.3 is 0 Å². The van der Waals surface area contributed by atoms with Crippen LogP contribution in [0.15, 0.2) is 0 Å². The number of hydrogen-bond acceptors (Lipinski definition) is 2. The number of carbonyl (C=O) groups excluding carboxylic acids is 2. The van der Waals surface area contributed by atoms with Gasteiger partial charge in [-0.25, -0.2) is 0 Å². The van der Waals surface area contributed by atoms with Crippen molar-refractivity contribution in [2.45, 2.75) is 39.5 Å². The third-order valence-corrected chi connectivity index (χ3v) is 3.55. The number of carbonyl (C=O) groups is 2. The van der Waals surface area contributed by atoms with Crippen molar-refractivity contribution in [3.63, 3.8) is 0 Å². The summed E-state index contributed by atoms with van der Waals surface area (Å²) in [5.74, 6) is 0.792. The summed E-state index contributed by atoms with van der Waals surface area (Å²) in [5.41, 5.74) is 0. The summed E-state index contributed by atoms with van der Waals surface area (Å²) in [6.07, 6.45) is 3.06. The van der Waals surface area contributed by atoms with Crippen LogP contribution in [0.1, 0.15) is 39.5 Å². The summed E-state index contributed by atoms with van der Waals surface area (Å²) in [6.45, 7) is 4.71. The highest BCUT2D eigenvalue weighted by Crippen LogP contribution is 2.20. The Hall–Kier alpha value is -0.380. The summed E-state index contributed by atoms with van der Waals surface area (Å²) in [4.78, 5) is 24.8. The number of halogens is 1. The second-order valence-electron chi connectivity index (χ2n) is 4.82. The van der Waals surface area contributed by atoms with E-state index in [-0.39, 0.29) is 17.7 Å². The van der Waals surface area contributed by atoms with E-state index in [1.54, 1.807) is 0 Å². The van der Waals surface area contributed by atoms with Crippen LogP contribution in [-0.2, 0) is 9.59 Å². The fourth-order valence-corrected chi connectivity index (χ4v) is 2.74. The molecule has 1 saturated heterocycles. The molecule has 0 aromatic rings. The molecule has 1 aliphatic rings. The molecule has 16 heavy (non-hydrogen) atoms. The maximum absolute atomic E-state index is 11.7. The van der Waals surface area contributed by atoms with Crippen molar-refractivity contribution in [2.75, 3.05) is 11.9 Å². The Morgan fingerprint density at radius 2 is 1.88 bits per heavy atom. The Labute approximate surface area is 106 Å². The highest BCUT2D eigenvalue weighted by Gasteiger charge is 2.29. The van der Waals surface area contributed by atoms with E-state index < -0.39 is 0 Å². The first kappa shape index (κ1) is 13.7. The third kappa shape index (κ3) is 3.89. The Bertz CT molecular complexity index is 250. The molecule has 2 amide bonds. The number of likely N-dealkylation sites (tertiary alicyclic amines) is 1. The minimum atomic E-state index is 0.00907. The van der Waals surface area contributed by atoms with E-state index in [1.807, 2.05) is 6.92 Å². The first-order valence-corrected chi connectivity index (χ1v) is 7.06. The van der Waals surface area contributed by atoms with Gasteiger partial charge in [0.05, 0.1) is 0 Å². The molecule has 0 spiro atoms. The second kappa shape index (κ2) is 6.38. The van der Waals surface area contributed by atoms with Gasteiger partial charge in [0.2, 0.25) is 11.8 Å². The summed E-state index contributed by atoms with van der Waals surface area (Å²) in [5, 5.41) is 0.979. The molecule has 4 heteroatoms. The van der Waals surface area contributed by atoms with Gasteiger partial charge in [-0.15, -0.1) is 0 Å². The Kier molecular flexibility index (Phi) is 5.46. The van der Waals surface area contributed by atoms with Gasteiger partial charge in [0.25, 0.3) is 0 Å². The molecule has 1 fully saturated rings. The van der Waals surface area contributed by atoms with E-state index >= 15 is 0 Å². The lowest BCUT2D eigenvalue weighted by molar-refractivity contribution is -0.149. The van der Waals surface area contributed by atoms with E-state index in [0.29, 0.717) is 25.3 Å². The highest BCUT2D eigenvalue weighted by molar-refractivity contribution is 9.09. The van der Waals surface area contributed by atoms with Crippen LogP contribution in [0.25, 0.3) is 0 Å². The van der Waals surface area contributed by atoms with Crippen LogP contribution < -0.4 is 0 Å². The van der Waals surface area contributed by atoms with E-state index in [9.17, 15) is 9.59 Å². The lowest BCUT2D eigenvalue weighted by Gasteiger charge is -2.29. The average Bonchev–Trinajstić information content (AvgIpc) is 2.16. The highest BCUT2D eigenvalue weighted by atomic mass is 79.9. The van der Waals surface area contributed by atoms with Crippen molar-refractivity contribution in [3.8, 4) is 0 Å². The molecule has 92 valence electrons. The number of amides is 2. The number of alkyl halides is 1. The van der Waals surface area contributed by atoms with Gasteiger partial charge in [-0.2, -0.15) is 0 Å². The van der Waals surface area contributed by atoms with E-state index in [4.69, 9.17) is 0 Å². The normalized spacial score (nSPS) is 20.3. The first-order valence-electron chi connectivity index (χ1n) is 5.93. The molecule has 1 aliphatic heterocycles. The zero-order chi connectivity index (χ0) is 12.1. The van der Waals surface area contributed by atoms with Gasteiger partial charge in [-0.3, -0.25) is 14.5 Å². The molecule has 1 rings (SSSR count). The second-order valence-corrected chi connectivity index (χ2v) is 5.62. The molecule has 0 saturated carbocycles. The molecule has 1 atom stereocenters. The van der Waals surface area contributed by atoms with Gasteiger partial charge in [-0.05, 0) is 24.7 Å². The quantitative estimate of drug-likeness (QED) is 0.576. The van der Waals surface area contributed by atoms with Crippen molar-refractivity contribution in [3.05, 3.63) is 0 Å². The first-order chi connectivity index (χ1) is 7.54. The molecular formula is C12H20BrNO2. The SMILES string of the molecule is CC(CCBr)CCN1C(=O)CC(C)CC1=O. The Balaban J connectivity index is 2.41. The third-order valence-electron chi connectivity index (χ3n) is 3.10. The molecule has 0 aliphatic carbocycles. The van der Waals surface area contributed by atoms with Gasteiger partial charge in [0.15, 0.2) is 0 Å². The summed E-state index contributed by atoms with van der Waals surface area (Å²) in [6, 6.07) is 0. The average molecular weight is 290 g/mol. The van der Waals surface area contributed by atoms with E-state index in [2.05, 4.69) is 22.9 Å². The lowest BCUT2D eigenvalue weighted by Crippen LogP contribution is -2.43. The van der Waals surface area contributed by atoms with Crippen LogP contribution in [0.2, 0.25) is 0 Å². The smallest absolute Gasteiger partial charge is 0.229 e. The van der Waals surface area contributed by atoms with Crippen LogP contribution in [-0.4, -0.2) is 28.6 Å². The molecule has 1 unspecified atom stereocenters. The van der Waals surface area contributed by atoms with Gasteiger partial charge in [-0.1, -0.05) is 29.8 Å². The fraction of sp³-hybridized carbons (Fsp3) is 0.833. The molecule has 0 aromatic heterocycles. The Morgan fingerprint density at radius 1 is 1.31 bits per heavy atom. The molecule has 1 heterocycles. The lowest BCUT2D eigenvalue weighted by atomic mass is 9.96. The maximum Gasteiger partial charge on any atom is 0.229 e. The number of hydrogen-bond donors (Lipinski definition) is 0. The van der Waals surface area contributed by atoms with Gasteiger partial charge in [0.1, 0.15) is 0 Å². The fourth-order valence-electron chi connectivity index (χ4n) is 1.96. The van der Waals surface area contributed by atoms with E-state index in [0.717, 1.165) is 18.2 Å². The summed E-state index contributed by atoms with van der Waals surface area (Å²) in [7, 11) is 0. The predicted molar refractivity (Wildman–Crippen MR) is 67.3 cm³/mol. The monoisotopic (exact) mass is 289 g/mol. The van der Waals surface area contributed by atoms with Crippen molar-refractivity contribution < 1.29 is 9.59 Å². The summed E-state index contributed by atoms with van der Waals surface area (Å²) >= 11 is 3.40. The molecular weight excluding hydrogens is 270 g/mol. The Morgan fingerprint density at radius 3 is 2.38 bits per heavy atom. The molecule has 0 N–H and O–H groups in total. The van der Waals surface area contributed by atoms with Crippen molar-refractivity contribution in [2.24, 2.45) is 11.8 Å². The van der Waals surface area contributed by atoms with Crippen LogP contribution in [0.4, 0.5) is 0 Å². The van der Waals surface area contributed by atoms with Gasteiger partial charge < -0.3 is 0 Å². The number of piperidine rings is 1. The number of imide groups is 1. The maximum atomic E-state index is 11.7. The molecule has 0 aromatic carbocycles. The van der Waals surface area contributed by atoms with Crippen molar-refractivity contribution in [1.82, 2.24) is 4.90 Å². The standard InChI is InChI=1S/C12H20BrNO2/c1-9(3-5-13)4-6-14-11(15)7-10(2)8-12(14)16/h9-10H,3-8H2,1-2H3. The predicted octanol–water partition coefficient (Wildman–Crippen LogP) is 2.58. The molecule has 0 radical (unpaired) electrons. The molecule has 3 nitrogen and oxygen atoms in total. The number of rotatable bonds is 5. The summed E-state index contributed by atoms with van der Waals surface area (Å²) < 4.78 is 0. The van der Waals surface area contributed by atoms with E-state index in [1.165, 1.54) is 4.90 Å². The van der Waals surface area contributed by atoms with Gasteiger partial charge in [0, 0.05) is 24.7 Å². The van der Waals surface area contributed by atoms with Crippen LogP contribution in [0.5, 0.6) is 0 Å². The topological polar surface area (TPSA) is 37.4 Å². The minimum Gasteiger partial charge on any atom is -0.283 e. The van der Waals surface area contributed by atoms with Crippen LogP contribution in [0, 0.1) is 11.8 Å². The van der Waals surface area contributed by atoms with Crippen molar-refractivity contribution >= 4 is 27.7 Å². The zero-order valence-electron chi connectivity index (χ0n) is 10.0. The number of nitrogens with zero attached hydrogens (tertiary/aromatic N) is 1. The van der Waals surface area contributed by atoms with Crippen LogP contribution in [0.3, 0.4) is 0 Å². The molecule has 0 bridgehead atoms. The van der Waals surface area contributed by atoms with Crippen LogP contribution >= 0.6 is 15.9 Å².